The van der Waals surface area contributed by atoms with Crippen LogP contribution in [-0.2, 0) is 4.79 Å². The van der Waals surface area contributed by atoms with Crippen molar-refractivity contribution in [3.63, 3.8) is 0 Å². The van der Waals surface area contributed by atoms with Crippen molar-refractivity contribution in [3.05, 3.63) is 0 Å². The maximum Gasteiger partial charge on any atom is 0.137 e. The molecular formula is C18H34N2O. The van der Waals surface area contributed by atoms with E-state index in [4.69, 9.17) is 0 Å². The summed E-state index contributed by atoms with van der Waals surface area (Å²) in [7, 11) is 0. The molecule has 0 aromatic carbocycles. The van der Waals surface area contributed by atoms with Crippen molar-refractivity contribution < 1.29 is 4.79 Å². The quantitative estimate of drug-likeness (QED) is 0.796. The van der Waals surface area contributed by atoms with E-state index in [0.29, 0.717) is 23.0 Å². The molecule has 0 amide bonds. The van der Waals surface area contributed by atoms with Gasteiger partial charge in [0.1, 0.15) is 5.78 Å². The first-order valence-electron chi connectivity index (χ1n) is 8.87. The maximum absolute atomic E-state index is 12.3. The molecule has 2 aliphatic rings. The molecule has 0 spiro atoms. The van der Waals surface area contributed by atoms with Gasteiger partial charge >= 0.3 is 0 Å². The summed E-state index contributed by atoms with van der Waals surface area (Å²) >= 11 is 0. The van der Waals surface area contributed by atoms with Crippen LogP contribution in [0.2, 0.25) is 0 Å². The van der Waals surface area contributed by atoms with Crippen LogP contribution in [-0.4, -0.2) is 54.9 Å². The summed E-state index contributed by atoms with van der Waals surface area (Å²) in [4.78, 5) is 17.4. The van der Waals surface area contributed by atoms with Crippen LogP contribution in [0.15, 0.2) is 0 Å². The molecular weight excluding hydrogens is 260 g/mol. The van der Waals surface area contributed by atoms with Crippen molar-refractivity contribution in [3.8, 4) is 0 Å². The van der Waals surface area contributed by atoms with Gasteiger partial charge in [-0.05, 0) is 37.1 Å². The highest BCUT2D eigenvalue weighted by Crippen LogP contribution is 2.39. The number of carbonyl (C=O) groups is 1. The Morgan fingerprint density at radius 3 is 2.29 bits per heavy atom. The fourth-order valence-electron chi connectivity index (χ4n) is 3.90. The SMILES string of the molecule is CCCN1CCN(CC2CC(C(C)(C)C)CCC2=O)CC1. The Morgan fingerprint density at radius 1 is 1.10 bits per heavy atom. The average molecular weight is 294 g/mol. The molecule has 0 bridgehead atoms. The third kappa shape index (κ3) is 4.79. The van der Waals surface area contributed by atoms with Gasteiger partial charge in [-0.15, -0.1) is 0 Å². The second kappa shape index (κ2) is 7.23. The van der Waals surface area contributed by atoms with Crippen LogP contribution in [0.5, 0.6) is 0 Å². The summed E-state index contributed by atoms with van der Waals surface area (Å²) in [5, 5.41) is 0. The molecule has 1 saturated heterocycles. The standard InChI is InChI=1S/C18H34N2O/c1-5-8-19-9-11-20(12-10-19)14-15-13-16(18(2,3)4)6-7-17(15)21/h15-16H,5-14H2,1-4H3. The fraction of sp³-hybridized carbons (Fsp3) is 0.944. The number of piperazine rings is 1. The lowest BCUT2D eigenvalue weighted by Crippen LogP contribution is -2.49. The molecule has 2 unspecified atom stereocenters. The van der Waals surface area contributed by atoms with E-state index in [1.165, 1.54) is 26.1 Å². The van der Waals surface area contributed by atoms with E-state index in [1.807, 2.05) is 0 Å². The van der Waals surface area contributed by atoms with Gasteiger partial charge in [0.05, 0.1) is 0 Å². The lowest BCUT2D eigenvalue weighted by Gasteiger charge is -2.40. The van der Waals surface area contributed by atoms with Gasteiger partial charge in [0, 0.05) is 45.1 Å². The van der Waals surface area contributed by atoms with E-state index in [9.17, 15) is 4.79 Å². The van der Waals surface area contributed by atoms with Crippen molar-refractivity contribution in [2.45, 2.75) is 53.4 Å². The summed E-state index contributed by atoms with van der Waals surface area (Å²) < 4.78 is 0. The van der Waals surface area contributed by atoms with E-state index in [1.54, 1.807) is 0 Å². The van der Waals surface area contributed by atoms with E-state index in [2.05, 4.69) is 37.5 Å². The van der Waals surface area contributed by atoms with Crippen LogP contribution in [0, 0.1) is 17.3 Å². The molecule has 3 nitrogen and oxygen atoms in total. The number of rotatable bonds is 4. The fourth-order valence-corrected chi connectivity index (χ4v) is 3.90. The molecule has 1 saturated carbocycles. The predicted molar refractivity (Wildman–Crippen MR) is 88.5 cm³/mol. The minimum Gasteiger partial charge on any atom is -0.301 e. The topological polar surface area (TPSA) is 23.6 Å². The predicted octanol–water partition coefficient (Wildman–Crippen LogP) is 3.05. The van der Waals surface area contributed by atoms with E-state index >= 15 is 0 Å². The highest BCUT2D eigenvalue weighted by atomic mass is 16.1. The average Bonchev–Trinajstić information content (AvgIpc) is 2.42. The van der Waals surface area contributed by atoms with Gasteiger partial charge in [-0.25, -0.2) is 0 Å². The van der Waals surface area contributed by atoms with Crippen molar-refractivity contribution >= 4 is 5.78 Å². The number of nitrogens with zero attached hydrogens (tertiary/aromatic N) is 2. The molecule has 21 heavy (non-hydrogen) atoms. The molecule has 2 rings (SSSR count). The highest BCUT2D eigenvalue weighted by molar-refractivity contribution is 5.82. The van der Waals surface area contributed by atoms with E-state index < -0.39 is 0 Å². The largest absolute Gasteiger partial charge is 0.301 e. The van der Waals surface area contributed by atoms with Crippen molar-refractivity contribution in [1.82, 2.24) is 9.80 Å². The zero-order valence-electron chi connectivity index (χ0n) is 14.5. The van der Waals surface area contributed by atoms with Gasteiger partial charge in [0.15, 0.2) is 0 Å². The monoisotopic (exact) mass is 294 g/mol. The summed E-state index contributed by atoms with van der Waals surface area (Å²) in [6, 6.07) is 0. The lowest BCUT2D eigenvalue weighted by atomic mass is 9.68. The molecule has 3 heteroatoms. The lowest BCUT2D eigenvalue weighted by molar-refractivity contribution is -0.127. The first-order chi connectivity index (χ1) is 9.90. The zero-order chi connectivity index (χ0) is 15.5. The van der Waals surface area contributed by atoms with Crippen LogP contribution in [0.4, 0.5) is 0 Å². The highest BCUT2D eigenvalue weighted by Gasteiger charge is 2.35. The Kier molecular flexibility index (Phi) is 5.84. The van der Waals surface area contributed by atoms with Crippen molar-refractivity contribution in [1.29, 1.82) is 0 Å². The minimum atomic E-state index is 0.292. The van der Waals surface area contributed by atoms with Crippen molar-refractivity contribution in [2.24, 2.45) is 17.3 Å². The Hall–Kier alpha value is -0.410. The number of Topliss-reactive ketones (excluding diaryl/α,β-unsaturated/α-hetero) is 1. The van der Waals surface area contributed by atoms with Gasteiger partial charge in [-0.2, -0.15) is 0 Å². The Labute approximate surface area is 131 Å². The summed E-state index contributed by atoms with van der Waals surface area (Å²) in [6.07, 6.45) is 4.26. The number of hydrogen-bond acceptors (Lipinski definition) is 3. The first-order valence-corrected chi connectivity index (χ1v) is 8.87. The molecule has 2 atom stereocenters. The van der Waals surface area contributed by atoms with Crippen LogP contribution in [0.1, 0.15) is 53.4 Å². The molecule has 0 N–H and O–H groups in total. The van der Waals surface area contributed by atoms with Crippen molar-refractivity contribution in [2.75, 3.05) is 39.3 Å². The maximum atomic E-state index is 12.3. The van der Waals surface area contributed by atoms with Gasteiger partial charge in [0.2, 0.25) is 0 Å². The molecule has 1 aliphatic heterocycles. The second-order valence-electron chi connectivity index (χ2n) is 8.14. The second-order valence-corrected chi connectivity index (χ2v) is 8.14. The van der Waals surface area contributed by atoms with Gasteiger partial charge in [-0.3, -0.25) is 4.79 Å². The normalized spacial score (nSPS) is 29.8. The molecule has 0 radical (unpaired) electrons. The van der Waals surface area contributed by atoms with E-state index in [0.717, 1.165) is 38.9 Å². The summed E-state index contributed by atoms with van der Waals surface area (Å²) in [6.45, 7) is 16.1. The van der Waals surface area contributed by atoms with Crippen LogP contribution < -0.4 is 0 Å². The van der Waals surface area contributed by atoms with Crippen LogP contribution in [0.25, 0.3) is 0 Å². The van der Waals surface area contributed by atoms with Crippen LogP contribution >= 0.6 is 0 Å². The third-order valence-electron chi connectivity index (χ3n) is 5.47. The molecule has 1 aliphatic carbocycles. The minimum absolute atomic E-state index is 0.292. The first kappa shape index (κ1) is 17.0. The zero-order valence-corrected chi connectivity index (χ0v) is 14.5. The third-order valence-corrected chi connectivity index (χ3v) is 5.47. The molecule has 2 fully saturated rings. The van der Waals surface area contributed by atoms with E-state index in [-0.39, 0.29) is 0 Å². The molecule has 1 heterocycles. The number of hydrogen-bond donors (Lipinski definition) is 0. The Morgan fingerprint density at radius 2 is 1.71 bits per heavy atom. The van der Waals surface area contributed by atoms with Gasteiger partial charge in [-0.1, -0.05) is 27.7 Å². The summed E-state index contributed by atoms with van der Waals surface area (Å²) in [5.74, 6) is 1.52. The number of carbonyl (C=O) groups excluding carboxylic acids is 1. The smallest absolute Gasteiger partial charge is 0.137 e. The molecule has 0 aromatic heterocycles. The van der Waals surface area contributed by atoms with Gasteiger partial charge < -0.3 is 9.80 Å². The Bertz CT molecular complexity index is 340. The summed E-state index contributed by atoms with van der Waals surface area (Å²) in [5.41, 5.74) is 0.346. The molecule has 122 valence electrons. The Balaban J connectivity index is 1.83. The van der Waals surface area contributed by atoms with Gasteiger partial charge in [0.25, 0.3) is 0 Å². The van der Waals surface area contributed by atoms with Crippen LogP contribution in [0.3, 0.4) is 0 Å². The molecule has 0 aromatic rings. The number of ketones is 1.